The van der Waals surface area contributed by atoms with E-state index in [9.17, 15) is 8.78 Å². The van der Waals surface area contributed by atoms with Crippen molar-refractivity contribution < 1.29 is 8.78 Å². The number of benzene rings is 1. The molecule has 2 aromatic heterocycles. The molecule has 4 rings (SSSR count). The standard InChI is InChI=1S/C15H11F2N3S/c16-10-1-2-13(12(17)7-10)20-15-11(3-5-18-15)14(19-20)9-4-6-21-8-9/h1-2,4,6-8,18H,3,5H2. The predicted molar refractivity (Wildman–Crippen MR) is 79.0 cm³/mol. The van der Waals surface area contributed by atoms with E-state index in [1.54, 1.807) is 11.3 Å². The third-order valence-electron chi connectivity index (χ3n) is 3.58. The Morgan fingerprint density at radius 3 is 2.90 bits per heavy atom. The second-order valence-corrected chi connectivity index (χ2v) is 5.65. The molecule has 0 spiro atoms. The van der Waals surface area contributed by atoms with Crippen LogP contribution < -0.4 is 5.32 Å². The van der Waals surface area contributed by atoms with Crippen LogP contribution in [0.2, 0.25) is 0 Å². The van der Waals surface area contributed by atoms with Gasteiger partial charge in [0.25, 0.3) is 0 Å². The number of anilines is 1. The fraction of sp³-hybridized carbons (Fsp3) is 0.133. The van der Waals surface area contributed by atoms with E-state index in [0.29, 0.717) is 0 Å². The lowest BCUT2D eigenvalue weighted by atomic mass is 10.1. The van der Waals surface area contributed by atoms with Crippen molar-refractivity contribution in [3.05, 3.63) is 52.2 Å². The zero-order valence-corrected chi connectivity index (χ0v) is 11.8. The second-order valence-electron chi connectivity index (χ2n) is 4.87. The average Bonchev–Trinajstić information content (AvgIpc) is 3.15. The van der Waals surface area contributed by atoms with Crippen molar-refractivity contribution in [1.82, 2.24) is 9.78 Å². The second kappa shape index (κ2) is 4.66. The number of thiophene rings is 1. The van der Waals surface area contributed by atoms with Crippen molar-refractivity contribution in [1.29, 1.82) is 0 Å². The van der Waals surface area contributed by atoms with Crippen LogP contribution in [0.25, 0.3) is 16.9 Å². The first kappa shape index (κ1) is 12.5. The van der Waals surface area contributed by atoms with E-state index in [0.717, 1.165) is 41.7 Å². The predicted octanol–water partition coefficient (Wildman–Crippen LogP) is 3.85. The summed E-state index contributed by atoms with van der Waals surface area (Å²) in [6.07, 6.45) is 0.851. The monoisotopic (exact) mass is 303 g/mol. The zero-order chi connectivity index (χ0) is 14.4. The van der Waals surface area contributed by atoms with Crippen LogP contribution in [0, 0.1) is 11.6 Å². The topological polar surface area (TPSA) is 29.9 Å². The van der Waals surface area contributed by atoms with Crippen LogP contribution in [0.15, 0.2) is 35.0 Å². The maximum absolute atomic E-state index is 14.0. The van der Waals surface area contributed by atoms with Gasteiger partial charge in [0.2, 0.25) is 0 Å². The molecule has 6 heteroatoms. The van der Waals surface area contributed by atoms with E-state index >= 15 is 0 Å². The number of nitrogens with zero attached hydrogens (tertiary/aromatic N) is 2. The molecule has 3 aromatic rings. The summed E-state index contributed by atoms with van der Waals surface area (Å²) >= 11 is 1.60. The Morgan fingerprint density at radius 2 is 2.14 bits per heavy atom. The van der Waals surface area contributed by atoms with E-state index in [1.165, 1.54) is 16.8 Å². The van der Waals surface area contributed by atoms with Gasteiger partial charge in [-0.1, -0.05) is 0 Å². The Balaban J connectivity index is 1.92. The maximum atomic E-state index is 14.0. The van der Waals surface area contributed by atoms with Gasteiger partial charge < -0.3 is 5.32 Å². The Hall–Kier alpha value is -2.21. The van der Waals surface area contributed by atoms with Crippen molar-refractivity contribution in [3.63, 3.8) is 0 Å². The van der Waals surface area contributed by atoms with Crippen LogP contribution in [-0.2, 0) is 6.42 Å². The lowest BCUT2D eigenvalue weighted by Crippen LogP contribution is -2.06. The Bertz CT molecular complexity index is 809. The third kappa shape index (κ3) is 1.94. The SMILES string of the molecule is Fc1ccc(-n2nc(-c3ccsc3)c3c2NCC3)c(F)c1. The van der Waals surface area contributed by atoms with E-state index in [2.05, 4.69) is 10.4 Å². The molecule has 0 radical (unpaired) electrons. The first-order chi connectivity index (χ1) is 10.2. The van der Waals surface area contributed by atoms with Crippen molar-refractivity contribution in [2.45, 2.75) is 6.42 Å². The van der Waals surface area contributed by atoms with Crippen LogP contribution in [0.1, 0.15) is 5.56 Å². The van der Waals surface area contributed by atoms with Crippen LogP contribution >= 0.6 is 11.3 Å². The van der Waals surface area contributed by atoms with Gasteiger partial charge in [-0.3, -0.25) is 0 Å². The minimum absolute atomic E-state index is 0.253. The first-order valence-electron chi connectivity index (χ1n) is 6.58. The Kier molecular flexibility index (Phi) is 2.78. The average molecular weight is 303 g/mol. The zero-order valence-electron chi connectivity index (χ0n) is 10.9. The molecule has 0 aliphatic carbocycles. The maximum Gasteiger partial charge on any atom is 0.151 e. The van der Waals surface area contributed by atoms with Crippen LogP contribution in [0.4, 0.5) is 14.6 Å². The lowest BCUT2D eigenvalue weighted by Gasteiger charge is -2.07. The normalized spacial score (nSPS) is 13.2. The van der Waals surface area contributed by atoms with Gasteiger partial charge in [-0.25, -0.2) is 13.5 Å². The molecule has 0 amide bonds. The van der Waals surface area contributed by atoms with Gasteiger partial charge in [0.05, 0.1) is 5.69 Å². The molecule has 1 aliphatic rings. The molecule has 1 aromatic carbocycles. The number of halogens is 2. The summed E-state index contributed by atoms with van der Waals surface area (Å²) in [5, 5.41) is 11.8. The molecule has 21 heavy (non-hydrogen) atoms. The molecule has 0 unspecified atom stereocenters. The molecule has 1 N–H and O–H groups in total. The van der Waals surface area contributed by atoms with Gasteiger partial charge in [0.15, 0.2) is 5.82 Å². The lowest BCUT2D eigenvalue weighted by molar-refractivity contribution is 0.574. The summed E-state index contributed by atoms with van der Waals surface area (Å²) in [7, 11) is 0. The summed E-state index contributed by atoms with van der Waals surface area (Å²) in [6.45, 7) is 0.799. The molecular formula is C15H11F2N3S. The van der Waals surface area contributed by atoms with Gasteiger partial charge in [-0.15, -0.1) is 0 Å². The number of nitrogens with one attached hydrogen (secondary N) is 1. The molecule has 0 saturated heterocycles. The number of aromatic nitrogens is 2. The van der Waals surface area contributed by atoms with E-state index in [1.807, 2.05) is 16.8 Å². The molecule has 0 saturated carbocycles. The van der Waals surface area contributed by atoms with Crippen molar-refractivity contribution in [2.24, 2.45) is 0 Å². The molecule has 1 aliphatic heterocycles. The summed E-state index contributed by atoms with van der Waals surface area (Å²) in [5.41, 5.74) is 3.22. The van der Waals surface area contributed by atoms with E-state index in [-0.39, 0.29) is 5.69 Å². The third-order valence-corrected chi connectivity index (χ3v) is 4.27. The summed E-state index contributed by atoms with van der Waals surface area (Å²) in [6, 6.07) is 5.53. The number of hydrogen-bond acceptors (Lipinski definition) is 3. The summed E-state index contributed by atoms with van der Waals surface area (Å²) < 4.78 is 28.6. The Morgan fingerprint density at radius 1 is 1.24 bits per heavy atom. The quantitative estimate of drug-likeness (QED) is 0.779. The summed E-state index contributed by atoms with van der Waals surface area (Å²) in [4.78, 5) is 0. The van der Waals surface area contributed by atoms with Crippen LogP contribution in [0.3, 0.4) is 0 Å². The first-order valence-corrected chi connectivity index (χ1v) is 7.52. The fourth-order valence-corrected chi connectivity index (χ4v) is 3.27. The highest BCUT2D eigenvalue weighted by molar-refractivity contribution is 7.08. The van der Waals surface area contributed by atoms with Gasteiger partial charge in [-0.2, -0.15) is 16.4 Å². The summed E-state index contributed by atoms with van der Waals surface area (Å²) in [5.74, 6) is -0.418. The smallest absolute Gasteiger partial charge is 0.151 e. The highest BCUT2D eigenvalue weighted by Crippen LogP contribution is 2.35. The van der Waals surface area contributed by atoms with Gasteiger partial charge >= 0.3 is 0 Å². The highest BCUT2D eigenvalue weighted by atomic mass is 32.1. The number of rotatable bonds is 2. The minimum atomic E-state index is -0.620. The van der Waals surface area contributed by atoms with Gasteiger partial charge in [-0.05, 0) is 30.0 Å². The molecule has 3 nitrogen and oxygen atoms in total. The molecule has 3 heterocycles. The molecule has 0 bridgehead atoms. The molecule has 0 fully saturated rings. The largest absolute Gasteiger partial charge is 0.369 e. The highest BCUT2D eigenvalue weighted by Gasteiger charge is 2.25. The molecule has 0 atom stereocenters. The van der Waals surface area contributed by atoms with Gasteiger partial charge in [0, 0.05) is 29.1 Å². The van der Waals surface area contributed by atoms with E-state index in [4.69, 9.17) is 0 Å². The molecular weight excluding hydrogens is 292 g/mol. The van der Waals surface area contributed by atoms with Crippen molar-refractivity contribution in [2.75, 3.05) is 11.9 Å². The number of fused-ring (bicyclic) bond motifs is 1. The number of hydrogen-bond donors (Lipinski definition) is 1. The Labute approximate surface area is 123 Å². The van der Waals surface area contributed by atoms with E-state index < -0.39 is 11.6 Å². The minimum Gasteiger partial charge on any atom is -0.369 e. The molecule has 106 valence electrons. The van der Waals surface area contributed by atoms with Crippen molar-refractivity contribution >= 4 is 17.2 Å². The van der Waals surface area contributed by atoms with Crippen LogP contribution in [0.5, 0.6) is 0 Å². The fourth-order valence-electron chi connectivity index (χ4n) is 2.63. The van der Waals surface area contributed by atoms with Gasteiger partial charge in [0.1, 0.15) is 17.3 Å². The van der Waals surface area contributed by atoms with Crippen LogP contribution in [-0.4, -0.2) is 16.3 Å². The van der Waals surface area contributed by atoms with Crippen molar-refractivity contribution in [3.8, 4) is 16.9 Å².